The van der Waals surface area contributed by atoms with Crippen LogP contribution in [0, 0.1) is 12.8 Å². The minimum absolute atomic E-state index is 0.000240. The second kappa shape index (κ2) is 7.51. The first-order valence-electron chi connectivity index (χ1n) is 8.89. The minimum atomic E-state index is -0.000240. The van der Waals surface area contributed by atoms with E-state index in [9.17, 15) is 4.79 Å². The summed E-state index contributed by atoms with van der Waals surface area (Å²) in [5, 5.41) is 7.61. The van der Waals surface area contributed by atoms with Gasteiger partial charge in [-0.15, -0.1) is 0 Å². The van der Waals surface area contributed by atoms with E-state index < -0.39 is 0 Å². The molecule has 1 amide bonds. The zero-order valence-corrected chi connectivity index (χ0v) is 16.1. The molecule has 0 radical (unpaired) electrons. The lowest BCUT2D eigenvalue weighted by Gasteiger charge is -2.30. The molecule has 1 aliphatic heterocycles. The maximum Gasteiger partial charge on any atom is 0.246 e. The molecule has 1 aliphatic rings. The van der Waals surface area contributed by atoms with Crippen molar-refractivity contribution in [3.8, 4) is 5.75 Å². The molecule has 9 heteroatoms. The molecular formula is C18H21N5O3S. The van der Waals surface area contributed by atoms with E-state index in [1.807, 2.05) is 18.2 Å². The Morgan fingerprint density at radius 3 is 2.89 bits per heavy atom. The highest BCUT2D eigenvalue weighted by atomic mass is 32.1. The van der Waals surface area contributed by atoms with E-state index in [0.29, 0.717) is 11.7 Å². The monoisotopic (exact) mass is 387 g/mol. The average Bonchev–Trinajstić information content (AvgIpc) is 3.31. The van der Waals surface area contributed by atoms with Crippen LogP contribution < -0.4 is 15.0 Å². The maximum atomic E-state index is 12.4. The van der Waals surface area contributed by atoms with E-state index in [-0.39, 0.29) is 18.4 Å². The first-order valence-corrected chi connectivity index (χ1v) is 9.70. The second-order valence-electron chi connectivity index (χ2n) is 6.54. The number of aryl methyl sites for hydroxylation is 1. The number of ether oxygens (including phenoxy) is 1. The van der Waals surface area contributed by atoms with Crippen molar-refractivity contribution in [2.45, 2.75) is 26.3 Å². The van der Waals surface area contributed by atoms with Crippen molar-refractivity contribution >= 4 is 32.6 Å². The Balaban J connectivity index is 1.33. The van der Waals surface area contributed by atoms with Crippen LogP contribution in [0.5, 0.6) is 5.75 Å². The van der Waals surface area contributed by atoms with Crippen LogP contribution in [0.4, 0.5) is 5.13 Å². The van der Waals surface area contributed by atoms with Gasteiger partial charge in [0.2, 0.25) is 11.8 Å². The third-order valence-corrected chi connectivity index (χ3v) is 5.78. The van der Waals surface area contributed by atoms with Crippen molar-refractivity contribution in [3.63, 3.8) is 0 Å². The zero-order chi connectivity index (χ0) is 18.8. The molecule has 8 nitrogen and oxygen atoms in total. The normalized spacial score (nSPS) is 15.3. The van der Waals surface area contributed by atoms with Crippen LogP contribution in [0.2, 0.25) is 0 Å². The van der Waals surface area contributed by atoms with Gasteiger partial charge in [0.05, 0.1) is 23.9 Å². The lowest BCUT2D eigenvalue weighted by Crippen LogP contribution is -2.40. The number of benzene rings is 1. The Morgan fingerprint density at radius 1 is 1.37 bits per heavy atom. The van der Waals surface area contributed by atoms with Crippen LogP contribution in [-0.4, -0.2) is 41.2 Å². The summed E-state index contributed by atoms with van der Waals surface area (Å²) in [6, 6.07) is 5.91. The van der Waals surface area contributed by atoms with Gasteiger partial charge in [0.25, 0.3) is 0 Å². The van der Waals surface area contributed by atoms with Crippen LogP contribution in [0.25, 0.3) is 10.2 Å². The smallest absolute Gasteiger partial charge is 0.246 e. The summed E-state index contributed by atoms with van der Waals surface area (Å²) in [6.45, 7) is 3.66. The van der Waals surface area contributed by atoms with E-state index >= 15 is 0 Å². The topological polar surface area (TPSA) is 93.4 Å². The fourth-order valence-corrected chi connectivity index (χ4v) is 4.25. The Hall–Kier alpha value is -2.68. The number of amides is 1. The summed E-state index contributed by atoms with van der Waals surface area (Å²) in [4.78, 5) is 23.5. The maximum absolute atomic E-state index is 12.4. The van der Waals surface area contributed by atoms with Crippen LogP contribution in [0.1, 0.15) is 24.6 Å². The molecule has 0 unspecified atom stereocenters. The third kappa shape index (κ3) is 3.87. The summed E-state index contributed by atoms with van der Waals surface area (Å²) < 4.78 is 11.4. The number of nitrogens with one attached hydrogen (secondary N) is 1. The highest BCUT2D eigenvalue weighted by Crippen LogP contribution is 2.33. The molecule has 3 aromatic rings. The molecule has 142 valence electrons. The van der Waals surface area contributed by atoms with Crippen LogP contribution in [-0.2, 0) is 11.3 Å². The number of carbonyl (C=O) groups excluding carboxylic acids is 1. The molecule has 1 N–H and O–H groups in total. The molecule has 27 heavy (non-hydrogen) atoms. The molecule has 1 fully saturated rings. The van der Waals surface area contributed by atoms with Gasteiger partial charge in [-0.2, -0.15) is 4.98 Å². The van der Waals surface area contributed by atoms with Crippen molar-refractivity contribution in [3.05, 3.63) is 29.9 Å². The minimum Gasteiger partial charge on any atom is -0.497 e. The number of piperidine rings is 1. The number of aromatic nitrogens is 3. The number of hydrogen-bond acceptors (Lipinski definition) is 8. The van der Waals surface area contributed by atoms with Gasteiger partial charge in [0.1, 0.15) is 5.75 Å². The molecule has 0 spiro atoms. The molecule has 0 bridgehead atoms. The Kier molecular flexibility index (Phi) is 4.93. The van der Waals surface area contributed by atoms with Crippen LogP contribution >= 0.6 is 11.3 Å². The summed E-state index contributed by atoms with van der Waals surface area (Å²) in [7, 11) is 1.67. The molecule has 0 saturated carbocycles. The molecule has 1 aromatic carbocycles. The summed E-state index contributed by atoms with van der Waals surface area (Å²) in [5.41, 5.74) is 0.977. The molecule has 0 aliphatic carbocycles. The number of fused-ring (bicyclic) bond motifs is 1. The van der Waals surface area contributed by atoms with Crippen molar-refractivity contribution < 1.29 is 14.1 Å². The number of anilines is 1. The lowest BCUT2D eigenvalue weighted by atomic mass is 9.96. The van der Waals surface area contributed by atoms with Gasteiger partial charge < -0.3 is 19.5 Å². The van der Waals surface area contributed by atoms with E-state index in [2.05, 4.69) is 20.4 Å². The predicted octanol–water partition coefficient (Wildman–Crippen LogP) is 2.53. The third-order valence-electron chi connectivity index (χ3n) is 4.70. The summed E-state index contributed by atoms with van der Waals surface area (Å²) >= 11 is 1.66. The zero-order valence-electron chi connectivity index (χ0n) is 15.3. The molecule has 1 saturated heterocycles. The number of nitrogens with zero attached hydrogens (tertiary/aromatic N) is 4. The van der Waals surface area contributed by atoms with Gasteiger partial charge in [-0.05, 0) is 38.0 Å². The fraction of sp³-hybridized carbons (Fsp3) is 0.444. The molecule has 0 atom stereocenters. The van der Waals surface area contributed by atoms with Gasteiger partial charge in [-0.1, -0.05) is 16.5 Å². The Labute approximate surface area is 160 Å². The van der Waals surface area contributed by atoms with Crippen molar-refractivity contribution in [2.24, 2.45) is 5.92 Å². The van der Waals surface area contributed by atoms with Crippen molar-refractivity contribution in [2.75, 3.05) is 25.1 Å². The summed E-state index contributed by atoms with van der Waals surface area (Å²) in [5.74, 6) is 1.88. The first kappa shape index (κ1) is 17.7. The quantitative estimate of drug-likeness (QED) is 0.719. The van der Waals surface area contributed by atoms with Crippen LogP contribution in [0.3, 0.4) is 0 Å². The highest BCUT2D eigenvalue weighted by molar-refractivity contribution is 7.22. The number of carbonyl (C=O) groups is 1. The van der Waals surface area contributed by atoms with Gasteiger partial charge in [0.15, 0.2) is 11.0 Å². The fourth-order valence-electron chi connectivity index (χ4n) is 3.21. The standard InChI is InChI=1S/C18H21N5O3S/c1-11-20-16(26-22-11)10-19-17(24)12-5-7-23(8-6-12)18-21-14-4-3-13(25-2)9-15(14)27-18/h3-4,9,12H,5-8,10H2,1-2H3,(H,19,24). The molecule has 4 rings (SSSR count). The van der Waals surface area contributed by atoms with Gasteiger partial charge >= 0.3 is 0 Å². The van der Waals surface area contributed by atoms with Crippen molar-refractivity contribution in [1.29, 1.82) is 0 Å². The number of rotatable bonds is 5. The lowest BCUT2D eigenvalue weighted by molar-refractivity contribution is -0.125. The number of methoxy groups -OCH3 is 1. The molecule has 2 aromatic heterocycles. The number of hydrogen-bond donors (Lipinski definition) is 1. The largest absolute Gasteiger partial charge is 0.497 e. The number of thiazole rings is 1. The molecule has 3 heterocycles. The first-order chi connectivity index (χ1) is 13.1. The second-order valence-corrected chi connectivity index (χ2v) is 7.55. The van der Waals surface area contributed by atoms with Gasteiger partial charge in [0, 0.05) is 19.0 Å². The van der Waals surface area contributed by atoms with Crippen LogP contribution in [0.15, 0.2) is 22.7 Å². The van der Waals surface area contributed by atoms with E-state index in [0.717, 1.165) is 47.0 Å². The van der Waals surface area contributed by atoms with Gasteiger partial charge in [-0.3, -0.25) is 4.79 Å². The SMILES string of the molecule is COc1ccc2nc(N3CCC(C(=O)NCc4nc(C)no4)CC3)sc2c1. The Bertz CT molecular complexity index is 946. The highest BCUT2D eigenvalue weighted by Gasteiger charge is 2.26. The van der Waals surface area contributed by atoms with E-state index in [1.54, 1.807) is 25.4 Å². The summed E-state index contributed by atoms with van der Waals surface area (Å²) in [6.07, 6.45) is 1.60. The van der Waals surface area contributed by atoms with E-state index in [4.69, 9.17) is 14.2 Å². The average molecular weight is 387 g/mol. The van der Waals surface area contributed by atoms with E-state index in [1.165, 1.54) is 0 Å². The van der Waals surface area contributed by atoms with Gasteiger partial charge in [-0.25, -0.2) is 4.98 Å². The van der Waals surface area contributed by atoms with Crippen molar-refractivity contribution in [1.82, 2.24) is 20.4 Å². The molecular weight excluding hydrogens is 366 g/mol. The Morgan fingerprint density at radius 2 is 2.19 bits per heavy atom. The predicted molar refractivity (Wildman–Crippen MR) is 102 cm³/mol.